The molecular weight excluding hydrogens is 669 g/mol. The predicted octanol–water partition coefficient (Wildman–Crippen LogP) is 14.5. The first kappa shape index (κ1) is 51.3. The van der Waals surface area contributed by atoms with Crippen molar-refractivity contribution in [1.29, 1.82) is 0 Å². The summed E-state index contributed by atoms with van der Waals surface area (Å²) >= 11 is 0. The van der Waals surface area contributed by atoms with Gasteiger partial charge in [-0.15, -0.1) is 0 Å². The van der Waals surface area contributed by atoms with E-state index < -0.39 is 6.10 Å². The number of rotatable bonds is 40. The molecule has 0 fully saturated rings. The van der Waals surface area contributed by atoms with Crippen LogP contribution in [-0.4, -0.2) is 36.4 Å². The average Bonchev–Trinajstić information content (AvgIpc) is 3.17. The number of unbranched alkanes of at least 4 members (excludes halogenated alkanes) is 20. The number of aliphatic hydroxyl groups is 1. The number of hydrogen-bond donors (Lipinski definition) is 1. The van der Waals surface area contributed by atoms with E-state index in [1.165, 1.54) is 116 Å². The minimum absolute atomic E-state index is 0.0914. The molecule has 5 heteroatoms. The second-order valence-electron chi connectivity index (χ2n) is 14.7. The summed E-state index contributed by atoms with van der Waals surface area (Å²) in [4.78, 5) is 24.3. The third kappa shape index (κ3) is 42.1. The number of carbonyl (C=O) groups excluding carboxylic acids is 2. The molecule has 0 aromatic carbocycles. The summed E-state index contributed by atoms with van der Waals surface area (Å²) in [6.45, 7) is 3.98. The summed E-state index contributed by atoms with van der Waals surface area (Å²) < 4.78 is 10.6. The first-order valence-corrected chi connectivity index (χ1v) is 22.5. The smallest absolute Gasteiger partial charge is 0.306 e. The standard InChI is InChI=1S/C49H84O5/c1-3-5-7-9-11-13-15-17-19-21-22-23-24-25-26-28-29-31-33-35-37-39-41-43-48(51)53-46-47(45-50)54-49(52)44-42-40-38-36-34-32-30-27-20-18-16-14-12-10-8-6-4-2/h6,8,12,14,18,20-22,30,32,36,38,47,50H,3-5,7,9-11,13,15-17,19,23-29,31,33-35,37,39-46H2,1-2H3/b8-6-,14-12-,20-18-,22-21-,32-30-,38-36-. The van der Waals surface area contributed by atoms with Crippen LogP contribution in [0, 0.1) is 0 Å². The summed E-state index contributed by atoms with van der Waals surface area (Å²) in [5.74, 6) is -0.661. The second kappa shape index (κ2) is 44.7. The van der Waals surface area contributed by atoms with Crippen molar-refractivity contribution in [3.63, 3.8) is 0 Å². The van der Waals surface area contributed by atoms with Crippen LogP contribution in [0.4, 0.5) is 0 Å². The van der Waals surface area contributed by atoms with Crippen molar-refractivity contribution in [3.8, 4) is 0 Å². The van der Waals surface area contributed by atoms with Crippen LogP contribution in [0.25, 0.3) is 0 Å². The minimum atomic E-state index is -0.804. The molecule has 0 aliphatic carbocycles. The quantitative estimate of drug-likeness (QED) is 0.0383. The van der Waals surface area contributed by atoms with E-state index in [0.717, 1.165) is 57.8 Å². The molecule has 0 aromatic rings. The molecule has 0 aliphatic heterocycles. The molecule has 0 amide bonds. The van der Waals surface area contributed by atoms with Crippen LogP contribution in [0.3, 0.4) is 0 Å². The number of carbonyl (C=O) groups is 2. The maximum Gasteiger partial charge on any atom is 0.306 e. The Bertz CT molecular complexity index is 988. The van der Waals surface area contributed by atoms with Gasteiger partial charge < -0.3 is 14.6 Å². The highest BCUT2D eigenvalue weighted by atomic mass is 16.6. The number of ether oxygens (including phenoxy) is 2. The van der Waals surface area contributed by atoms with Crippen molar-refractivity contribution < 1.29 is 24.2 Å². The summed E-state index contributed by atoms with van der Waals surface area (Å²) in [5, 5.41) is 9.58. The van der Waals surface area contributed by atoms with Gasteiger partial charge in [0.15, 0.2) is 6.10 Å². The zero-order chi connectivity index (χ0) is 39.3. The Morgan fingerprint density at radius 2 is 0.815 bits per heavy atom. The lowest BCUT2D eigenvalue weighted by Gasteiger charge is -2.15. The van der Waals surface area contributed by atoms with E-state index in [-0.39, 0.29) is 31.6 Å². The molecule has 0 aromatic heterocycles. The van der Waals surface area contributed by atoms with Crippen LogP contribution in [0.15, 0.2) is 72.9 Å². The zero-order valence-corrected chi connectivity index (χ0v) is 35.2. The van der Waals surface area contributed by atoms with Gasteiger partial charge in [-0.1, -0.05) is 189 Å². The molecule has 310 valence electrons. The zero-order valence-electron chi connectivity index (χ0n) is 35.2. The molecule has 0 saturated carbocycles. The molecule has 0 aliphatic rings. The van der Waals surface area contributed by atoms with Gasteiger partial charge in [0.2, 0.25) is 0 Å². The van der Waals surface area contributed by atoms with E-state index in [1.807, 2.05) is 0 Å². The fraction of sp³-hybridized carbons (Fsp3) is 0.714. The molecular formula is C49H84O5. The van der Waals surface area contributed by atoms with Crippen molar-refractivity contribution in [2.24, 2.45) is 0 Å². The first-order chi connectivity index (χ1) is 26.6. The molecule has 5 nitrogen and oxygen atoms in total. The highest BCUT2D eigenvalue weighted by Gasteiger charge is 2.16. The van der Waals surface area contributed by atoms with Crippen LogP contribution in [0.2, 0.25) is 0 Å². The lowest BCUT2D eigenvalue weighted by molar-refractivity contribution is -0.161. The van der Waals surface area contributed by atoms with Gasteiger partial charge in [0, 0.05) is 12.8 Å². The van der Waals surface area contributed by atoms with Crippen molar-refractivity contribution in [2.45, 2.75) is 213 Å². The third-order valence-corrected chi connectivity index (χ3v) is 9.48. The Hall–Kier alpha value is -2.66. The van der Waals surface area contributed by atoms with Gasteiger partial charge in [-0.25, -0.2) is 0 Å². The molecule has 1 N–H and O–H groups in total. The van der Waals surface area contributed by atoms with Crippen LogP contribution < -0.4 is 0 Å². The Balaban J connectivity index is 3.59. The third-order valence-electron chi connectivity index (χ3n) is 9.48. The van der Waals surface area contributed by atoms with Crippen LogP contribution in [0.5, 0.6) is 0 Å². The van der Waals surface area contributed by atoms with Gasteiger partial charge in [-0.05, 0) is 77.0 Å². The fourth-order valence-corrected chi connectivity index (χ4v) is 6.11. The van der Waals surface area contributed by atoms with Gasteiger partial charge >= 0.3 is 11.9 Å². The first-order valence-electron chi connectivity index (χ1n) is 22.5. The SMILES string of the molecule is CC/C=C\C/C=C\C/C=C\C/C=C\C/C=C\CCCC(=O)OC(CO)COC(=O)CCCCCCCCCCCCC/C=C\CCCCCCCCCC. The molecule has 1 atom stereocenters. The lowest BCUT2D eigenvalue weighted by atomic mass is 10.0. The maximum absolute atomic E-state index is 12.2. The molecule has 0 heterocycles. The number of aliphatic hydroxyl groups excluding tert-OH is 1. The number of allylic oxidation sites excluding steroid dienone is 12. The lowest BCUT2D eigenvalue weighted by Crippen LogP contribution is -2.28. The fourth-order valence-electron chi connectivity index (χ4n) is 6.11. The molecule has 0 spiro atoms. The average molecular weight is 753 g/mol. The Morgan fingerprint density at radius 1 is 0.444 bits per heavy atom. The van der Waals surface area contributed by atoms with Gasteiger partial charge in [0.25, 0.3) is 0 Å². The Labute approximate surface area is 333 Å². The molecule has 0 rings (SSSR count). The maximum atomic E-state index is 12.2. The van der Waals surface area contributed by atoms with E-state index in [1.54, 1.807) is 0 Å². The topological polar surface area (TPSA) is 72.8 Å². The molecule has 0 saturated heterocycles. The van der Waals surface area contributed by atoms with Crippen molar-refractivity contribution in [1.82, 2.24) is 0 Å². The minimum Gasteiger partial charge on any atom is -0.462 e. The van der Waals surface area contributed by atoms with Gasteiger partial charge in [-0.2, -0.15) is 0 Å². The molecule has 0 radical (unpaired) electrons. The summed E-state index contributed by atoms with van der Waals surface area (Å²) in [6.07, 6.45) is 59.9. The van der Waals surface area contributed by atoms with E-state index >= 15 is 0 Å². The summed E-state index contributed by atoms with van der Waals surface area (Å²) in [7, 11) is 0. The highest BCUT2D eigenvalue weighted by Crippen LogP contribution is 2.14. The second-order valence-corrected chi connectivity index (χ2v) is 14.7. The highest BCUT2D eigenvalue weighted by molar-refractivity contribution is 5.70. The number of esters is 2. The van der Waals surface area contributed by atoms with Crippen LogP contribution in [-0.2, 0) is 19.1 Å². The van der Waals surface area contributed by atoms with Crippen molar-refractivity contribution in [3.05, 3.63) is 72.9 Å². The summed E-state index contributed by atoms with van der Waals surface area (Å²) in [6, 6.07) is 0. The van der Waals surface area contributed by atoms with Crippen LogP contribution in [0.1, 0.15) is 206 Å². The summed E-state index contributed by atoms with van der Waals surface area (Å²) in [5.41, 5.74) is 0. The normalized spacial score (nSPS) is 12.9. The Kier molecular flexibility index (Phi) is 42.5. The molecule has 0 bridgehead atoms. The predicted molar refractivity (Wildman–Crippen MR) is 233 cm³/mol. The van der Waals surface area contributed by atoms with E-state index in [2.05, 4.69) is 86.8 Å². The number of hydrogen-bond acceptors (Lipinski definition) is 5. The van der Waals surface area contributed by atoms with Crippen molar-refractivity contribution in [2.75, 3.05) is 13.2 Å². The van der Waals surface area contributed by atoms with Crippen molar-refractivity contribution >= 4 is 11.9 Å². The van der Waals surface area contributed by atoms with Crippen LogP contribution >= 0.6 is 0 Å². The Morgan fingerprint density at radius 3 is 1.28 bits per heavy atom. The monoisotopic (exact) mass is 753 g/mol. The largest absolute Gasteiger partial charge is 0.462 e. The van der Waals surface area contributed by atoms with E-state index in [4.69, 9.17) is 9.47 Å². The molecule has 54 heavy (non-hydrogen) atoms. The molecule has 1 unspecified atom stereocenters. The van der Waals surface area contributed by atoms with Gasteiger partial charge in [0.05, 0.1) is 6.61 Å². The van der Waals surface area contributed by atoms with E-state index in [9.17, 15) is 14.7 Å². The van der Waals surface area contributed by atoms with Gasteiger partial charge in [0.1, 0.15) is 6.61 Å². The van der Waals surface area contributed by atoms with E-state index in [0.29, 0.717) is 12.8 Å². The van der Waals surface area contributed by atoms with Gasteiger partial charge in [-0.3, -0.25) is 9.59 Å².